The molecule has 20 heavy (non-hydrogen) atoms. The van der Waals surface area contributed by atoms with Gasteiger partial charge in [-0.3, -0.25) is 9.78 Å². The molecule has 4 nitrogen and oxygen atoms in total. The highest BCUT2D eigenvalue weighted by molar-refractivity contribution is 9.10. The molecular formula is C15H15BrN2O2. The molecule has 1 aromatic heterocycles. The number of aromatic nitrogens is 1. The Bertz CT molecular complexity index is 588. The van der Waals surface area contributed by atoms with E-state index in [1.807, 2.05) is 18.2 Å². The number of pyridine rings is 1. The molecule has 104 valence electrons. The van der Waals surface area contributed by atoms with Gasteiger partial charge < -0.3 is 10.1 Å². The van der Waals surface area contributed by atoms with Crippen LogP contribution >= 0.6 is 15.9 Å². The first-order valence-corrected chi connectivity index (χ1v) is 7.09. The number of carbonyl (C=O) groups is 1. The Labute approximate surface area is 126 Å². The predicted octanol–water partition coefficient (Wildman–Crippen LogP) is 3.42. The first kappa shape index (κ1) is 14.5. The van der Waals surface area contributed by atoms with Gasteiger partial charge in [0.2, 0.25) is 0 Å². The second-order valence-corrected chi connectivity index (χ2v) is 5.05. The predicted molar refractivity (Wildman–Crippen MR) is 81.9 cm³/mol. The molecule has 2 aromatic rings. The van der Waals surface area contributed by atoms with Crippen LogP contribution in [-0.2, 0) is 11.2 Å². The largest absolute Gasteiger partial charge is 0.483 e. The van der Waals surface area contributed by atoms with Crippen molar-refractivity contribution < 1.29 is 9.53 Å². The van der Waals surface area contributed by atoms with E-state index in [-0.39, 0.29) is 12.5 Å². The van der Waals surface area contributed by atoms with Gasteiger partial charge in [-0.05, 0) is 52.2 Å². The Kier molecular flexibility index (Phi) is 5.12. The van der Waals surface area contributed by atoms with E-state index in [9.17, 15) is 4.79 Å². The van der Waals surface area contributed by atoms with Crippen LogP contribution < -0.4 is 10.1 Å². The summed E-state index contributed by atoms with van der Waals surface area (Å²) in [7, 11) is 0. The standard InChI is InChI=1S/C15H15BrN2O2/c1-2-11-5-6-14(13(16)8-11)20-10-15(19)18-12-4-3-7-17-9-12/h3-9H,2,10H2,1H3,(H,18,19). The Morgan fingerprint density at radius 3 is 2.90 bits per heavy atom. The third kappa shape index (κ3) is 4.06. The van der Waals surface area contributed by atoms with E-state index in [1.54, 1.807) is 24.5 Å². The minimum atomic E-state index is -0.218. The summed E-state index contributed by atoms with van der Waals surface area (Å²) >= 11 is 3.44. The molecule has 0 saturated heterocycles. The maximum Gasteiger partial charge on any atom is 0.262 e. The quantitative estimate of drug-likeness (QED) is 0.911. The van der Waals surface area contributed by atoms with Crippen LogP contribution in [0, 0.1) is 0 Å². The topological polar surface area (TPSA) is 51.2 Å². The number of halogens is 1. The molecule has 0 atom stereocenters. The number of carbonyl (C=O) groups excluding carboxylic acids is 1. The number of nitrogens with one attached hydrogen (secondary N) is 1. The van der Waals surface area contributed by atoms with Crippen molar-refractivity contribution in [3.05, 3.63) is 52.8 Å². The van der Waals surface area contributed by atoms with Gasteiger partial charge >= 0.3 is 0 Å². The van der Waals surface area contributed by atoms with Crippen LogP contribution in [0.1, 0.15) is 12.5 Å². The summed E-state index contributed by atoms with van der Waals surface area (Å²) in [6, 6.07) is 9.38. The fourth-order valence-electron chi connectivity index (χ4n) is 1.66. The van der Waals surface area contributed by atoms with Crippen molar-refractivity contribution in [2.24, 2.45) is 0 Å². The lowest BCUT2D eigenvalue weighted by atomic mass is 10.2. The summed E-state index contributed by atoms with van der Waals surface area (Å²) < 4.78 is 6.34. The van der Waals surface area contributed by atoms with E-state index in [2.05, 4.69) is 33.2 Å². The van der Waals surface area contributed by atoms with Gasteiger partial charge in [0.25, 0.3) is 5.91 Å². The molecule has 1 amide bonds. The van der Waals surface area contributed by atoms with E-state index in [1.165, 1.54) is 5.56 Å². The number of anilines is 1. The van der Waals surface area contributed by atoms with Crippen LogP contribution in [0.3, 0.4) is 0 Å². The fourth-order valence-corrected chi connectivity index (χ4v) is 2.20. The SMILES string of the molecule is CCc1ccc(OCC(=O)Nc2cccnc2)c(Br)c1. The van der Waals surface area contributed by atoms with E-state index < -0.39 is 0 Å². The van der Waals surface area contributed by atoms with Gasteiger partial charge in [-0.15, -0.1) is 0 Å². The minimum absolute atomic E-state index is 0.0427. The zero-order valence-corrected chi connectivity index (χ0v) is 12.7. The molecular weight excluding hydrogens is 320 g/mol. The molecule has 0 unspecified atom stereocenters. The van der Waals surface area contributed by atoms with E-state index >= 15 is 0 Å². The zero-order valence-electron chi connectivity index (χ0n) is 11.1. The molecule has 0 radical (unpaired) electrons. The molecule has 0 fully saturated rings. The first-order chi connectivity index (χ1) is 9.69. The lowest BCUT2D eigenvalue weighted by Crippen LogP contribution is -2.20. The normalized spacial score (nSPS) is 10.1. The van der Waals surface area contributed by atoms with Gasteiger partial charge in [0, 0.05) is 6.20 Å². The minimum Gasteiger partial charge on any atom is -0.483 e. The second-order valence-electron chi connectivity index (χ2n) is 4.20. The Morgan fingerprint density at radius 2 is 2.25 bits per heavy atom. The smallest absolute Gasteiger partial charge is 0.262 e. The molecule has 0 spiro atoms. The number of aryl methyl sites for hydroxylation is 1. The monoisotopic (exact) mass is 334 g/mol. The summed E-state index contributed by atoms with van der Waals surface area (Å²) in [6.45, 7) is 2.04. The average Bonchev–Trinajstić information content (AvgIpc) is 2.47. The van der Waals surface area contributed by atoms with E-state index in [0.717, 1.165) is 10.9 Å². The zero-order chi connectivity index (χ0) is 14.4. The Balaban J connectivity index is 1.90. The van der Waals surface area contributed by atoms with Crippen molar-refractivity contribution in [3.63, 3.8) is 0 Å². The van der Waals surface area contributed by atoms with Crippen LogP contribution in [0.5, 0.6) is 5.75 Å². The highest BCUT2D eigenvalue weighted by Crippen LogP contribution is 2.26. The van der Waals surface area contributed by atoms with Crippen molar-refractivity contribution in [2.75, 3.05) is 11.9 Å². The van der Waals surface area contributed by atoms with Crippen LogP contribution in [-0.4, -0.2) is 17.5 Å². The molecule has 1 heterocycles. The Hall–Kier alpha value is -1.88. The van der Waals surface area contributed by atoms with Gasteiger partial charge in [-0.25, -0.2) is 0 Å². The number of benzene rings is 1. The molecule has 0 saturated carbocycles. The molecule has 5 heteroatoms. The lowest BCUT2D eigenvalue weighted by Gasteiger charge is -2.09. The van der Waals surface area contributed by atoms with Crippen LogP contribution in [0.15, 0.2) is 47.2 Å². The van der Waals surface area contributed by atoms with Gasteiger partial charge in [-0.2, -0.15) is 0 Å². The van der Waals surface area contributed by atoms with Crippen LogP contribution in [0.25, 0.3) is 0 Å². The van der Waals surface area contributed by atoms with Crippen molar-refractivity contribution >= 4 is 27.5 Å². The molecule has 1 aromatic carbocycles. The molecule has 0 bridgehead atoms. The summed E-state index contributed by atoms with van der Waals surface area (Å²) in [5.41, 5.74) is 1.87. The van der Waals surface area contributed by atoms with Crippen molar-refractivity contribution in [1.82, 2.24) is 4.98 Å². The summed E-state index contributed by atoms with van der Waals surface area (Å²) in [5.74, 6) is 0.438. The average molecular weight is 335 g/mol. The third-order valence-corrected chi connectivity index (χ3v) is 3.33. The number of rotatable bonds is 5. The molecule has 0 aliphatic carbocycles. The van der Waals surface area contributed by atoms with E-state index in [4.69, 9.17) is 4.74 Å². The summed E-state index contributed by atoms with van der Waals surface area (Å²) in [4.78, 5) is 15.7. The van der Waals surface area contributed by atoms with Crippen molar-refractivity contribution in [3.8, 4) is 5.75 Å². The van der Waals surface area contributed by atoms with Gasteiger partial charge in [-0.1, -0.05) is 13.0 Å². The maximum absolute atomic E-state index is 11.7. The first-order valence-electron chi connectivity index (χ1n) is 6.30. The van der Waals surface area contributed by atoms with Crippen LogP contribution in [0.2, 0.25) is 0 Å². The van der Waals surface area contributed by atoms with E-state index in [0.29, 0.717) is 11.4 Å². The molecule has 0 aliphatic heterocycles. The molecule has 2 rings (SSSR count). The highest BCUT2D eigenvalue weighted by atomic mass is 79.9. The fraction of sp³-hybridized carbons (Fsp3) is 0.200. The molecule has 0 aliphatic rings. The number of hydrogen-bond donors (Lipinski definition) is 1. The second kappa shape index (κ2) is 7.05. The van der Waals surface area contributed by atoms with Crippen molar-refractivity contribution in [2.45, 2.75) is 13.3 Å². The number of ether oxygens (including phenoxy) is 1. The highest BCUT2D eigenvalue weighted by Gasteiger charge is 2.06. The Morgan fingerprint density at radius 1 is 1.40 bits per heavy atom. The van der Waals surface area contributed by atoms with Gasteiger partial charge in [0.15, 0.2) is 6.61 Å². The van der Waals surface area contributed by atoms with Crippen LogP contribution in [0.4, 0.5) is 5.69 Å². The third-order valence-electron chi connectivity index (χ3n) is 2.71. The lowest BCUT2D eigenvalue weighted by molar-refractivity contribution is -0.118. The number of hydrogen-bond acceptors (Lipinski definition) is 3. The summed E-state index contributed by atoms with van der Waals surface area (Å²) in [6.07, 6.45) is 4.20. The maximum atomic E-state index is 11.7. The van der Waals surface area contributed by atoms with Gasteiger partial charge in [0.05, 0.1) is 16.4 Å². The molecule has 1 N–H and O–H groups in total. The van der Waals surface area contributed by atoms with Crippen molar-refractivity contribution in [1.29, 1.82) is 0 Å². The number of nitrogens with zero attached hydrogens (tertiary/aromatic N) is 1. The van der Waals surface area contributed by atoms with Gasteiger partial charge in [0.1, 0.15) is 5.75 Å². The summed E-state index contributed by atoms with van der Waals surface area (Å²) in [5, 5.41) is 2.71. The number of amides is 1.